The minimum atomic E-state index is -0.576. The van der Waals surface area contributed by atoms with E-state index >= 15 is 0 Å². The van der Waals surface area contributed by atoms with Crippen molar-refractivity contribution in [3.05, 3.63) is 55.2 Å². The fraction of sp³-hybridized carbons (Fsp3) is 0.154. The van der Waals surface area contributed by atoms with E-state index < -0.39 is 4.92 Å². The smallest absolute Gasteiger partial charge is 0.299 e. The van der Waals surface area contributed by atoms with Crippen LogP contribution in [0.2, 0.25) is 4.34 Å². The summed E-state index contributed by atoms with van der Waals surface area (Å²) < 4.78 is 0.0332. The van der Waals surface area contributed by atoms with E-state index in [1.807, 2.05) is 24.3 Å². The number of amides is 1. The van der Waals surface area contributed by atoms with E-state index in [4.69, 9.17) is 11.6 Å². The first-order valence-electron chi connectivity index (χ1n) is 5.91. The van der Waals surface area contributed by atoms with Crippen molar-refractivity contribution in [1.29, 1.82) is 0 Å². The number of rotatable bonds is 2. The summed E-state index contributed by atoms with van der Waals surface area (Å²) in [7, 11) is 0. The number of anilines is 1. The average molecular weight is 309 g/mol. The highest BCUT2D eigenvalue weighted by atomic mass is 35.5. The molecule has 1 amide bonds. The van der Waals surface area contributed by atoms with E-state index in [2.05, 4.69) is 0 Å². The van der Waals surface area contributed by atoms with Crippen LogP contribution in [0, 0.1) is 10.1 Å². The largest absolute Gasteiger partial charge is 0.307 e. The van der Waals surface area contributed by atoms with Crippen molar-refractivity contribution in [2.45, 2.75) is 6.42 Å². The summed E-state index contributed by atoms with van der Waals surface area (Å²) in [4.78, 5) is 24.6. The van der Waals surface area contributed by atoms with Crippen molar-refractivity contribution >= 4 is 40.2 Å². The maximum atomic E-state index is 12.5. The van der Waals surface area contributed by atoms with E-state index in [0.29, 0.717) is 11.4 Å². The highest BCUT2D eigenvalue weighted by Gasteiger charge is 2.29. The second kappa shape index (κ2) is 4.88. The zero-order valence-electron chi connectivity index (χ0n) is 10.2. The second-order valence-electron chi connectivity index (χ2n) is 4.36. The summed E-state index contributed by atoms with van der Waals surface area (Å²) in [5, 5.41) is 10.8. The molecule has 2 aromatic rings. The summed E-state index contributed by atoms with van der Waals surface area (Å²) >= 11 is 6.74. The zero-order chi connectivity index (χ0) is 14.3. The molecule has 20 heavy (non-hydrogen) atoms. The number of hydrogen-bond donors (Lipinski definition) is 0. The molecule has 0 N–H and O–H groups in total. The number of carbonyl (C=O) groups is 1. The lowest BCUT2D eigenvalue weighted by molar-refractivity contribution is -0.384. The third-order valence-electron chi connectivity index (χ3n) is 3.21. The molecule has 0 bridgehead atoms. The summed E-state index contributed by atoms with van der Waals surface area (Å²) in [5.74, 6) is -0.241. The van der Waals surface area contributed by atoms with Crippen molar-refractivity contribution in [2.75, 3.05) is 11.4 Å². The van der Waals surface area contributed by atoms with Gasteiger partial charge in [-0.05, 0) is 18.1 Å². The lowest BCUT2D eigenvalue weighted by atomic mass is 10.2. The average Bonchev–Trinajstić information content (AvgIpc) is 3.01. The molecule has 2 heterocycles. The lowest BCUT2D eigenvalue weighted by Crippen LogP contribution is -2.28. The monoisotopic (exact) mass is 308 g/mol. The Morgan fingerprint density at radius 3 is 2.85 bits per heavy atom. The predicted molar refractivity (Wildman–Crippen MR) is 77.8 cm³/mol. The normalized spacial score (nSPS) is 13.3. The highest BCUT2D eigenvalue weighted by Crippen LogP contribution is 2.36. The van der Waals surface area contributed by atoms with Crippen LogP contribution in [0.3, 0.4) is 0 Å². The minimum absolute atomic E-state index is 0.0332. The first-order chi connectivity index (χ1) is 9.58. The van der Waals surface area contributed by atoms with Crippen LogP contribution in [0.5, 0.6) is 0 Å². The Morgan fingerprint density at radius 1 is 1.40 bits per heavy atom. The maximum absolute atomic E-state index is 12.5. The number of halogens is 1. The van der Waals surface area contributed by atoms with Crippen LogP contribution in [0.4, 0.5) is 11.4 Å². The quantitative estimate of drug-likeness (QED) is 0.630. The van der Waals surface area contributed by atoms with Gasteiger partial charge in [0.05, 0.1) is 4.92 Å². The van der Waals surface area contributed by atoms with Crippen LogP contribution in [0.15, 0.2) is 30.3 Å². The molecule has 0 fully saturated rings. The van der Waals surface area contributed by atoms with Gasteiger partial charge >= 0.3 is 0 Å². The molecule has 1 aliphatic heterocycles. The predicted octanol–water partition coefficient (Wildman–Crippen LogP) is 3.51. The van der Waals surface area contributed by atoms with Crippen LogP contribution in [-0.2, 0) is 6.42 Å². The van der Waals surface area contributed by atoms with E-state index in [1.165, 1.54) is 6.07 Å². The number of nitro groups is 1. The van der Waals surface area contributed by atoms with Crippen molar-refractivity contribution in [1.82, 2.24) is 0 Å². The molecule has 0 spiro atoms. The summed E-state index contributed by atoms with van der Waals surface area (Å²) in [6, 6.07) is 8.90. The van der Waals surface area contributed by atoms with Crippen molar-refractivity contribution < 1.29 is 9.72 Å². The molecule has 102 valence electrons. The van der Waals surface area contributed by atoms with Crippen molar-refractivity contribution in [3.8, 4) is 0 Å². The number of thiophene rings is 1. The van der Waals surface area contributed by atoms with E-state index in [9.17, 15) is 14.9 Å². The van der Waals surface area contributed by atoms with Crippen molar-refractivity contribution in [2.24, 2.45) is 0 Å². The van der Waals surface area contributed by atoms with Crippen LogP contribution >= 0.6 is 22.9 Å². The van der Waals surface area contributed by atoms with Gasteiger partial charge in [-0.3, -0.25) is 14.9 Å². The third-order valence-corrected chi connectivity index (χ3v) is 4.53. The molecule has 0 saturated carbocycles. The molecule has 1 aliphatic rings. The van der Waals surface area contributed by atoms with Gasteiger partial charge < -0.3 is 4.90 Å². The van der Waals surface area contributed by atoms with Gasteiger partial charge in [0, 0.05) is 18.3 Å². The molecular weight excluding hydrogens is 300 g/mol. The Bertz CT molecular complexity index is 713. The Morgan fingerprint density at radius 2 is 2.15 bits per heavy atom. The number of benzene rings is 1. The fourth-order valence-electron chi connectivity index (χ4n) is 2.27. The maximum Gasteiger partial charge on any atom is 0.299 e. The molecule has 0 aliphatic carbocycles. The number of para-hydroxylation sites is 1. The number of carbonyl (C=O) groups excluding carboxylic acids is 1. The van der Waals surface area contributed by atoms with Gasteiger partial charge in [-0.15, -0.1) is 11.3 Å². The van der Waals surface area contributed by atoms with E-state index in [-0.39, 0.29) is 15.9 Å². The third kappa shape index (κ3) is 2.07. The van der Waals surface area contributed by atoms with Crippen molar-refractivity contribution in [3.63, 3.8) is 0 Å². The molecule has 1 aromatic heterocycles. The van der Waals surface area contributed by atoms with Gasteiger partial charge in [0.1, 0.15) is 4.88 Å². The topological polar surface area (TPSA) is 63.4 Å². The summed E-state index contributed by atoms with van der Waals surface area (Å²) in [6.07, 6.45) is 0.795. The van der Waals surface area contributed by atoms with E-state index in [1.54, 1.807) is 4.90 Å². The molecule has 3 rings (SSSR count). The van der Waals surface area contributed by atoms with Crippen LogP contribution in [0.25, 0.3) is 0 Å². The van der Waals surface area contributed by atoms with Gasteiger partial charge in [0.25, 0.3) is 11.6 Å². The zero-order valence-corrected chi connectivity index (χ0v) is 11.8. The molecule has 0 atom stereocenters. The minimum Gasteiger partial charge on any atom is -0.307 e. The number of fused-ring (bicyclic) bond motifs is 1. The second-order valence-corrected chi connectivity index (χ2v) is 6.02. The highest BCUT2D eigenvalue weighted by molar-refractivity contribution is 7.18. The first-order valence-corrected chi connectivity index (χ1v) is 7.11. The fourth-order valence-corrected chi connectivity index (χ4v) is 3.44. The SMILES string of the molecule is O=C(c1cc([N+](=O)[O-])c(Cl)s1)N1CCc2ccccc21. The van der Waals surface area contributed by atoms with Gasteiger partial charge in [-0.2, -0.15) is 0 Å². The molecular formula is C13H9ClN2O3S. The Hall–Kier alpha value is -1.92. The summed E-state index contributed by atoms with van der Waals surface area (Å²) in [6.45, 7) is 0.585. The van der Waals surface area contributed by atoms with Gasteiger partial charge in [0.15, 0.2) is 4.34 Å². The van der Waals surface area contributed by atoms with Crippen LogP contribution in [-0.4, -0.2) is 17.4 Å². The molecule has 0 unspecified atom stereocenters. The Balaban J connectivity index is 1.95. The van der Waals surface area contributed by atoms with Gasteiger partial charge in [-0.1, -0.05) is 29.8 Å². The van der Waals surface area contributed by atoms with E-state index in [0.717, 1.165) is 29.0 Å². The lowest BCUT2D eigenvalue weighted by Gasteiger charge is -2.15. The molecule has 0 saturated heterocycles. The van der Waals surface area contributed by atoms with Gasteiger partial charge in [0.2, 0.25) is 0 Å². The standard InChI is InChI=1S/C13H9ClN2O3S/c14-12-10(16(18)19)7-11(20-12)13(17)15-6-5-8-3-1-2-4-9(8)15/h1-4,7H,5-6H2. The first kappa shape index (κ1) is 13.1. The number of hydrogen-bond acceptors (Lipinski definition) is 4. The molecule has 1 aromatic carbocycles. The summed E-state index contributed by atoms with van der Waals surface area (Å²) in [5.41, 5.74) is 1.76. The van der Waals surface area contributed by atoms with Gasteiger partial charge in [-0.25, -0.2) is 0 Å². The van der Waals surface area contributed by atoms with Crippen LogP contribution < -0.4 is 4.90 Å². The van der Waals surface area contributed by atoms with Crippen LogP contribution in [0.1, 0.15) is 15.2 Å². The Labute approximate surface area is 123 Å². The molecule has 5 nitrogen and oxygen atoms in total. The molecule has 0 radical (unpaired) electrons. The number of nitrogens with zero attached hydrogens (tertiary/aromatic N) is 2. The Kier molecular flexibility index (Phi) is 3.19. The molecule has 7 heteroatoms.